The van der Waals surface area contributed by atoms with E-state index < -0.39 is 10.8 Å². The van der Waals surface area contributed by atoms with Gasteiger partial charge in [0.1, 0.15) is 5.75 Å². The van der Waals surface area contributed by atoms with E-state index in [9.17, 15) is 19.7 Å². The van der Waals surface area contributed by atoms with E-state index in [1.54, 1.807) is 18.2 Å². The first-order valence-corrected chi connectivity index (χ1v) is 7.47. The van der Waals surface area contributed by atoms with Gasteiger partial charge in [0.2, 0.25) is 0 Å². The molecule has 2 amide bonds. The number of benzene rings is 2. The molecule has 0 aromatic heterocycles. The number of amides is 2. The van der Waals surface area contributed by atoms with Crippen molar-refractivity contribution in [1.29, 1.82) is 0 Å². The van der Waals surface area contributed by atoms with Crippen molar-refractivity contribution < 1.29 is 19.2 Å². The summed E-state index contributed by atoms with van der Waals surface area (Å²) in [5.41, 5.74) is 0.664. The monoisotopic (exact) mass is 363 g/mol. The molecule has 130 valence electrons. The maximum absolute atomic E-state index is 11.9. The summed E-state index contributed by atoms with van der Waals surface area (Å²) in [6.07, 6.45) is 0. The first-order chi connectivity index (χ1) is 11.9. The van der Waals surface area contributed by atoms with Crippen LogP contribution in [0.4, 0.5) is 11.4 Å². The highest BCUT2D eigenvalue weighted by molar-refractivity contribution is 6.32. The molecular formula is C16H14ClN3O5. The van der Waals surface area contributed by atoms with Crippen molar-refractivity contribution in [2.45, 2.75) is 0 Å². The lowest BCUT2D eigenvalue weighted by atomic mass is 10.2. The minimum atomic E-state index is -0.582. The summed E-state index contributed by atoms with van der Waals surface area (Å²) in [5, 5.41) is 15.7. The van der Waals surface area contributed by atoms with Crippen LogP contribution in [0.3, 0.4) is 0 Å². The van der Waals surface area contributed by atoms with Crippen molar-refractivity contribution in [3.8, 4) is 5.75 Å². The Labute approximate surface area is 147 Å². The normalized spacial score (nSPS) is 10.0. The minimum absolute atomic E-state index is 0.0311. The Morgan fingerprint density at radius 3 is 2.64 bits per heavy atom. The highest BCUT2D eigenvalue weighted by atomic mass is 35.5. The highest BCUT2D eigenvalue weighted by Crippen LogP contribution is 2.28. The summed E-state index contributed by atoms with van der Waals surface area (Å²) in [5.74, 6) is -0.588. The van der Waals surface area contributed by atoms with Crippen molar-refractivity contribution in [1.82, 2.24) is 5.32 Å². The van der Waals surface area contributed by atoms with E-state index in [-0.39, 0.29) is 29.0 Å². The molecule has 0 atom stereocenters. The van der Waals surface area contributed by atoms with Gasteiger partial charge in [-0.2, -0.15) is 0 Å². The molecular weight excluding hydrogens is 350 g/mol. The number of nitro groups is 1. The van der Waals surface area contributed by atoms with Crippen LogP contribution >= 0.6 is 11.6 Å². The van der Waals surface area contributed by atoms with E-state index in [1.807, 2.05) is 0 Å². The number of rotatable bonds is 6. The quantitative estimate of drug-likeness (QED) is 0.605. The molecule has 2 N–H and O–H groups in total. The molecule has 2 rings (SSSR count). The zero-order valence-corrected chi connectivity index (χ0v) is 13.9. The van der Waals surface area contributed by atoms with E-state index in [1.165, 1.54) is 25.2 Å². The van der Waals surface area contributed by atoms with Crippen molar-refractivity contribution in [3.05, 3.63) is 63.2 Å². The number of non-ortho nitro benzene ring substituents is 1. The molecule has 0 fully saturated rings. The number of anilines is 1. The minimum Gasteiger partial charge on any atom is -0.482 e. The molecule has 0 aliphatic heterocycles. The van der Waals surface area contributed by atoms with Gasteiger partial charge in [-0.25, -0.2) is 0 Å². The Morgan fingerprint density at radius 2 is 2.00 bits per heavy atom. The summed E-state index contributed by atoms with van der Waals surface area (Å²) in [6.45, 7) is -0.346. The number of halogens is 1. The number of nitrogens with one attached hydrogen (secondary N) is 2. The van der Waals surface area contributed by atoms with Crippen molar-refractivity contribution in [2.75, 3.05) is 19.0 Å². The Balaban J connectivity index is 1.97. The van der Waals surface area contributed by atoms with Crippen molar-refractivity contribution in [2.24, 2.45) is 0 Å². The molecule has 0 heterocycles. The van der Waals surface area contributed by atoms with Gasteiger partial charge in [-0.1, -0.05) is 17.7 Å². The van der Waals surface area contributed by atoms with Gasteiger partial charge < -0.3 is 15.4 Å². The number of carbonyl (C=O) groups is 2. The Morgan fingerprint density at radius 1 is 1.24 bits per heavy atom. The Bertz CT molecular complexity index is 825. The second-order valence-electron chi connectivity index (χ2n) is 4.87. The van der Waals surface area contributed by atoms with Gasteiger partial charge in [0.25, 0.3) is 17.5 Å². The Kier molecular flexibility index (Phi) is 5.91. The lowest BCUT2D eigenvalue weighted by Crippen LogP contribution is -2.21. The average molecular weight is 364 g/mol. The third kappa shape index (κ3) is 4.92. The van der Waals surface area contributed by atoms with Crippen LogP contribution in [0.1, 0.15) is 10.4 Å². The molecule has 2 aromatic rings. The van der Waals surface area contributed by atoms with Crippen molar-refractivity contribution >= 4 is 34.8 Å². The lowest BCUT2D eigenvalue weighted by molar-refractivity contribution is -0.384. The zero-order chi connectivity index (χ0) is 18.4. The molecule has 0 saturated heterocycles. The maximum Gasteiger partial charge on any atom is 0.271 e. The van der Waals surface area contributed by atoms with Crippen molar-refractivity contribution in [3.63, 3.8) is 0 Å². The molecule has 0 aliphatic rings. The molecule has 0 spiro atoms. The van der Waals surface area contributed by atoms with Gasteiger partial charge in [-0.05, 0) is 24.3 Å². The number of ether oxygens (including phenoxy) is 1. The summed E-state index contributed by atoms with van der Waals surface area (Å²) in [6, 6.07) is 10.1. The summed E-state index contributed by atoms with van der Waals surface area (Å²) in [4.78, 5) is 33.6. The standard InChI is InChI=1S/C16H14ClN3O5/c1-18-16(22)10-3-2-4-11(7-10)19-15(21)9-25-14-6-5-12(20(23)24)8-13(14)17/h2-8H,9H2,1H3,(H,18,22)(H,19,21). The van der Waals surface area contributed by atoms with Gasteiger partial charge in [0.05, 0.1) is 9.95 Å². The van der Waals surface area contributed by atoms with E-state index in [4.69, 9.17) is 16.3 Å². The van der Waals surface area contributed by atoms with Crippen LogP contribution < -0.4 is 15.4 Å². The van der Waals surface area contributed by atoms with Crippen LogP contribution in [0, 0.1) is 10.1 Å². The fourth-order valence-electron chi connectivity index (χ4n) is 1.94. The van der Waals surface area contributed by atoms with Gasteiger partial charge in [-0.15, -0.1) is 0 Å². The summed E-state index contributed by atoms with van der Waals surface area (Å²) in [7, 11) is 1.51. The second kappa shape index (κ2) is 8.11. The fraction of sp³-hybridized carbons (Fsp3) is 0.125. The predicted octanol–water partition coefficient (Wildman–Crippen LogP) is 2.63. The van der Waals surface area contributed by atoms with E-state index in [0.29, 0.717) is 11.3 Å². The molecule has 25 heavy (non-hydrogen) atoms. The van der Waals surface area contributed by atoms with Gasteiger partial charge >= 0.3 is 0 Å². The second-order valence-corrected chi connectivity index (χ2v) is 5.28. The molecule has 2 aromatic carbocycles. The maximum atomic E-state index is 11.9. The number of hydrogen-bond acceptors (Lipinski definition) is 5. The largest absolute Gasteiger partial charge is 0.482 e. The SMILES string of the molecule is CNC(=O)c1cccc(NC(=O)COc2ccc([N+](=O)[O-])cc2Cl)c1. The molecule has 0 unspecified atom stereocenters. The van der Waals surface area contributed by atoms with E-state index >= 15 is 0 Å². The number of hydrogen-bond donors (Lipinski definition) is 2. The average Bonchev–Trinajstić information content (AvgIpc) is 2.60. The van der Waals surface area contributed by atoms with Gasteiger partial charge in [-0.3, -0.25) is 19.7 Å². The van der Waals surface area contributed by atoms with Crippen LogP contribution in [0.15, 0.2) is 42.5 Å². The predicted molar refractivity (Wildman–Crippen MR) is 92.1 cm³/mol. The number of nitro benzene ring substituents is 1. The van der Waals surface area contributed by atoms with Gasteiger partial charge in [0.15, 0.2) is 6.61 Å². The topological polar surface area (TPSA) is 111 Å². The first kappa shape index (κ1) is 18.2. The summed E-state index contributed by atoms with van der Waals surface area (Å²) >= 11 is 5.88. The zero-order valence-electron chi connectivity index (χ0n) is 13.1. The number of nitrogens with zero attached hydrogens (tertiary/aromatic N) is 1. The number of carbonyl (C=O) groups excluding carboxylic acids is 2. The third-order valence-electron chi connectivity index (χ3n) is 3.12. The molecule has 0 radical (unpaired) electrons. The van der Waals surface area contributed by atoms with E-state index in [0.717, 1.165) is 6.07 Å². The molecule has 0 saturated carbocycles. The highest BCUT2D eigenvalue weighted by Gasteiger charge is 2.12. The molecule has 8 nitrogen and oxygen atoms in total. The fourth-order valence-corrected chi connectivity index (χ4v) is 2.17. The lowest BCUT2D eigenvalue weighted by Gasteiger charge is -2.09. The molecule has 9 heteroatoms. The molecule has 0 aliphatic carbocycles. The third-order valence-corrected chi connectivity index (χ3v) is 3.42. The van der Waals surface area contributed by atoms with Crippen LogP contribution in [0.25, 0.3) is 0 Å². The van der Waals surface area contributed by atoms with E-state index in [2.05, 4.69) is 10.6 Å². The van der Waals surface area contributed by atoms with Gasteiger partial charge in [0, 0.05) is 30.4 Å². The van der Waals surface area contributed by atoms with Crippen LogP contribution in [0.2, 0.25) is 5.02 Å². The van der Waals surface area contributed by atoms with Crippen LogP contribution in [-0.4, -0.2) is 30.4 Å². The molecule has 0 bridgehead atoms. The van der Waals surface area contributed by atoms with Crippen LogP contribution in [0.5, 0.6) is 5.75 Å². The Hall–Kier alpha value is -3.13. The summed E-state index contributed by atoms with van der Waals surface area (Å²) < 4.78 is 5.26. The smallest absolute Gasteiger partial charge is 0.271 e. The van der Waals surface area contributed by atoms with Crippen LogP contribution in [-0.2, 0) is 4.79 Å². The first-order valence-electron chi connectivity index (χ1n) is 7.09.